The van der Waals surface area contributed by atoms with Crippen LogP contribution in [0.5, 0.6) is 11.5 Å². The van der Waals surface area contributed by atoms with E-state index in [9.17, 15) is 9.59 Å². The average Bonchev–Trinajstić information content (AvgIpc) is 3.37. The van der Waals surface area contributed by atoms with Crippen LogP contribution in [0, 0.1) is 0 Å². The molecule has 5 aromatic rings. The Labute approximate surface area is 262 Å². The van der Waals surface area contributed by atoms with Gasteiger partial charge in [0, 0.05) is 12.2 Å². The van der Waals surface area contributed by atoms with Crippen molar-refractivity contribution in [3.8, 4) is 22.6 Å². The number of hydrogen-bond acceptors (Lipinski definition) is 6. The molecular weight excluding hydrogens is 564 g/mol. The molecule has 1 aliphatic rings. The predicted octanol–water partition coefficient (Wildman–Crippen LogP) is 7.42. The van der Waals surface area contributed by atoms with Crippen LogP contribution in [-0.2, 0) is 24.5 Å². The zero-order valence-electron chi connectivity index (χ0n) is 24.7. The van der Waals surface area contributed by atoms with Crippen LogP contribution in [0.4, 0.5) is 0 Å². The largest absolute Gasteiger partial charge is 0.490 e. The van der Waals surface area contributed by atoms with E-state index < -0.39 is 17.4 Å². The van der Waals surface area contributed by atoms with Gasteiger partial charge in [0.2, 0.25) is 0 Å². The highest BCUT2D eigenvalue weighted by Gasteiger charge is 2.46. The summed E-state index contributed by atoms with van der Waals surface area (Å²) in [5.74, 6) is 0.396. The van der Waals surface area contributed by atoms with Crippen molar-refractivity contribution in [2.24, 2.45) is 0 Å². The van der Waals surface area contributed by atoms with Gasteiger partial charge in [-0.3, -0.25) is 0 Å². The molecule has 224 valence electrons. The van der Waals surface area contributed by atoms with E-state index in [-0.39, 0.29) is 26.4 Å². The molecule has 0 aliphatic heterocycles. The molecule has 0 bridgehead atoms. The molecule has 45 heavy (non-hydrogen) atoms. The summed E-state index contributed by atoms with van der Waals surface area (Å²) in [5.41, 5.74) is 6.30. The van der Waals surface area contributed by atoms with Crippen LogP contribution in [0.15, 0.2) is 135 Å². The Morgan fingerprint density at radius 1 is 0.556 bits per heavy atom. The molecule has 0 amide bonds. The van der Waals surface area contributed by atoms with Gasteiger partial charge in [0.25, 0.3) is 0 Å². The second-order valence-corrected chi connectivity index (χ2v) is 10.5. The Morgan fingerprint density at radius 3 is 1.58 bits per heavy atom. The van der Waals surface area contributed by atoms with Gasteiger partial charge in [0.05, 0.1) is 5.41 Å². The fourth-order valence-corrected chi connectivity index (χ4v) is 6.08. The first kappa shape index (κ1) is 29.5. The maximum absolute atomic E-state index is 11.4. The number of carbonyl (C=O) groups excluding carboxylic acids is 2. The van der Waals surface area contributed by atoms with Gasteiger partial charge in [-0.25, -0.2) is 9.59 Å². The summed E-state index contributed by atoms with van der Waals surface area (Å²) in [4.78, 5) is 22.7. The third kappa shape index (κ3) is 5.70. The molecule has 0 aromatic heterocycles. The smallest absolute Gasteiger partial charge is 0.330 e. The van der Waals surface area contributed by atoms with Crippen LogP contribution >= 0.6 is 0 Å². The van der Waals surface area contributed by atoms with Gasteiger partial charge in [0.1, 0.15) is 37.9 Å². The van der Waals surface area contributed by atoms with Crippen LogP contribution in [0.1, 0.15) is 22.3 Å². The minimum atomic E-state index is -0.619. The molecule has 0 radical (unpaired) electrons. The molecule has 6 heteroatoms. The van der Waals surface area contributed by atoms with Gasteiger partial charge < -0.3 is 18.9 Å². The van der Waals surface area contributed by atoms with E-state index in [1.807, 2.05) is 24.3 Å². The number of carbonyl (C=O) groups is 2. The fraction of sp³-hybridized carbons (Fsp3) is 0.128. The van der Waals surface area contributed by atoms with E-state index in [2.05, 4.69) is 98.1 Å². The van der Waals surface area contributed by atoms with E-state index >= 15 is 0 Å². The maximum atomic E-state index is 11.4. The summed E-state index contributed by atoms with van der Waals surface area (Å²) in [7, 11) is 0. The number of hydrogen-bond donors (Lipinski definition) is 0. The number of ether oxygens (including phenoxy) is 4. The first-order valence-electron chi connectivity index (χ1n) is 14.7. The van der Waals surface area contributed by atoms with Crippen LogP contribution in [-0.4, -0.2) is 38.4 Å². The summed E-state index contributed by atoms with van der Waals surface area (Å²) >= 11 is 0. The van der Waals surface area contributed by atoms with Crippen LogP contribution in [0.25, 0.3) is 21.9 Å². The molecule has 1 aliphatic carbocycles. The Bertz CT molecular complexity index is 1800. The normalized spacial score (nSPS) is 12.4. The van der Waals surface area contributed by atoms with E-state index in [1.54, 1.807) is 0 Å². The lowest BCUT2D eigenvalue weighted by Crippen LogP contribution is -2.28. The van der Waals surface area contributed by atoms with E-state index in [0.29, 0.717) is 11.5 Å². The summed E-state index contributed by atoms with van der Waals surface area (Å²) in [5, 5.41) is 2.35. The highest BCUT2D eigenvalue weighted by molar-refractivity contribution is 5.95. The Kier molecular flexibility index (Phi) is 8.47. The van der Waals surface area contributed by atoms with Crippen molar-refractivity contribution in [2.75, 3.05) is 26.4 Å². The molecule has 0 fully saturated rings. The van der Waals surface area contributed by atoms with Crippen LogP contribution in [0.2, 0.25) is 0 Å². The Balaban J connectivity index is 1.41. The lowest BCUT2D eigenvalue weighted by Gasteiger charge is -2.34. The fourth-order valence-electron chi connectivity index (χ4n) is 6.08. The predicted molar refractivity (Wildman–Crippen MR) is 175 cm³/mol. The third-order valence-electron chi connectivity index (χ3n) is 8.01. The second kappa shape index (κ2) is 12.9. The highest BCUT2D eigenvalue weighted by atomic mass is 16.6. The zero-order chi connectivity index (χ0) is 31.2. The highest BCUT2D eigenvalue weighted by Crippen LogP contribution is 2.57. The second-order valence-electron chi connectivity index (χ2n) is 10.5. The van der Waals surface area contributed by atoms with Crippen molar-refractivity contribution >= 4 is 22.7 Å². The summed E-state index contributed by atoms with van der Waals surface area (Å²) in [6.45, 7) is 7.56. The van der Waals surface area contributed by atoms with E-state index in [1.165, 1.54) is 27.6 Å². The molecular formula is C39H32O6. The quantitative estimate of drug-likeness (QED) is 0.0832. The molecule has 0 heterocycles. The standard InChI is InChI=1S/C39H32O6/c1-3-37(40)44-23-21-42-31-17-13-29(14-18-31)39(30-15-19-32(20-16-30)43-22-24-45-38(41)4-2)35-12-8-7-11-33(35)34-25-27-9-5-6-10-28(27)26-36(34)39/h3-20,25-26H,1-2,21-24H2. The van der Waals surface area contributed by atoms with Crippen molar-refractivity contribution in [3.63, 3.8) is 0 Å². The molecule has 6 rings (SSSR count). The Morgan fingerprint density at radius 2 is 1.04 bits per heavy atom. The van der Waals surface area contributed by atoms with Crippen molar-refractivity contribution in [2.45, 2.75) is 5.41 Å². The number of esters is 2. The molecule has 0 saturated heterocycles. The number of rotatable bonds is 12. The molecule has 5 aromatic carbocycles. The number of benzene rings is 5. The van der Waals surface area contributed by atoms with Crippen molar-refractivity contribution in [1.82, 2.24) is 0 Å². The Hall–Kier alpha value is -5.62. The van der Waals surface area contributed by atoms with Crippen molar-refractivity contribution < 1.29 is 28.5 Å². The third-order valence-corrected chi connectivity index (χ3v) is 8.01. The van der Waals surface area contributed by atoms with Gasteiger partial charge in [-0.15, -0.1) is 0 Å². The molecule has 0 N–H and O–H groups in total. The van der Waals surface area contributed by atoms with Gasteiger partial charge in [-0.2, -0.15) is 0 Å². The molecule has 0 spiro atoms. The number of fused-ring (bicyclic) bond motifs is 4. The van der Waals surface area contributed by atoms with E-state index in [4.69, 9.17) is 18.9 Å². The maximum Gasteiger partial charge on any atom is 0.330 e. The lowest BCUT2D eigenvalue weighted by atomic mass is 9.67. The van der Waals surface area contributed by atoms with Gasteiger partial charge in [-0.1, -0.05) is 86.0 Å². The lowest BCUT2D eigenvalue weighted by molar-refractivity contribution is -0.139. The van der Waals surface area contributed by atoms with Gasteiger partial charge in [0.15, 0.2) is 0 Å². The van der Waals surface area contributed by atoms with Crippen LogP contribution in [0.3, 0.4) is 0 Å². The topological polar surface area (TPSA) is 71.1 Å². The summed E-state index contributed by atoms with van der Waals surface area (Å²) in [6, 6.07) is 37.8. The summed E-state index contributed by atoms with van der Waals surface area (Å²) in [6.07, 6.45) is 2.27. The average molecular weight is 597 g/mol. The SMILES string of the molecule is C=CC(=O)OCCOc1ccc(C2(c3ccc(OCCOC(=O)C=C)cc3)c3ccccc3-c3cc4ccccc4cc32)cc1. The van der Waals surface area contributed by atoms with Crippen molar-refractivity contribution in [3.05, 3.63) is 157 Å². The minimum Gasteiger partial charge on any atom is -0.490 e. The monoisotopic (exact) mass is 596 g/mol. The minimum absolute atomic E-state index is 0.134. The van der Waals surface area contributed by atoms with Crippen molar-refractivity contribution in [1.29, 1.82) is 0 Å². The molecule has 0 atom stereocenters. The van der Waals surface area contributed by atoms with Gasteiger partial charge >= 0.3 is 11.9 Å². The molecule has 0 saturated carbocycles. The van der Waals surface area contributed by atoms with E-state index in [0.717, 1.165) is 28.7 Å². The molecule has 0 unspecified atom stereocenters. The first-order chi connectivity index (χ1) is 22.0. The van der Waals surface area contributed by atoms with Crippen LogP contribution < -0.4 is 9.47 Å². The first-order valence-corrected chi connectivity index (χ1v) is 14.7. The van der Waals surface area contributed by atoms with Gasteiger partial charge in [-0.05, 0) is 80.6 Å². The summed E-state index contributed by atoms with van der Waals surface area (Å²) < 4.78 is 21.8. The molecule has 6 nitrogen and oxygen atoms in total. The zero-order valence-corrected chi connectivity index (χ0v) is 24.7.